The van der Waals surface area contributed by atoms with Crippen molar-refractivity contribution in [1.29, 1.82) is 0 Å². The molecule has 1 aromatic carbocycles. The Bertz CT molecular complexity index is 602. The van der Waals surface area contributed by atoms with Gasteiger partial charge in [0.2, 0.25) is 0 Å². The molecule has 0 amide bonds. The van der Waals surface area contributed by atoms with E-state index in [0.717, 1.165) is 12.1 Å². The van der Waals surface area contributed by atoms with Gasteiger partial charge in [0.25, 0.3) is 0 Å². The lowest BCUT2D eigenvalue weighted by Gasteiger charge is -2.07. The van der Waals surface area contributed by atoms with Crippen LogP contribution in [0.1, 0.15) is 10.5 Å². The molecule has 1 heterocycles. The van der Waals surface area contributed by atoms with Gasteiger partial charge in [-0.05, 0) is 12.1 Å². The highest BCUT2D eigenvalue weighted by Crippen LogP contribution is 2.26. The van der Waals surface area contributed by atoms with Crippen LogP contribution >= 0.6 is 0 Å². The number of ether oxygens (including phenoxy) is 2. The number of carbonyl (C=O) groups excluding carboxylic acids is 1. The van der Waals surface area contributed by atoms with Crippen LogP contribution in [0.3, 0.4) is 0 Å². The molecule has 0 N–H and O–H groups in total. The highest BCUT2D eigenvalue weighted by molar-refractivity contribution is 5.88. The maximum Gasteiger partial charge on any atom is 0.362 e. The van der Waals surface area contributed by atoms with Crippen molar-refractivity contribution in [2.45, 2.75) is 0 Å². The van der Waals surface area contributed by atoms with E-state index in [1.807, 2.05) is 0 Å². The number of benzene rings is 1. The fraction of sp³-hybridized carbons (Fsp3) is 0.0769. The van der Waals surface area contributed by atoms with Gasteiger partial charge in [0, 0.05) is 18.3 Å². The molecule has 98 valence electrons. The summed E-state index contributed by atoms with van der Waals surface area (Å²) in [6.07, 6.45) is 1.39. The Hall–Kier alpha value is -2.50. The predicted octanol–water partition coefficient (Wildman–Crippen LogP) is 2.59. The number of hydrogen-bond acceptors (Lipinski definition) is 4. The maximum absolute atomic E-state index is 13.5. The monoisotopic (exact) mass is 265 g/mol. The minimum absolute atomic E-state index is 0.00173. The first-order valence-electron chi connectivity index (χ1n) is 5.28. The number of methoxy groups -OCH3 is 1. The molecule has 0 unspecified atom stereocenters. The molecule has 0 aliphatic heterocycles. The van der Waals surface area contributed by atoms with Crippen molar-refractivity contribution in [1.82, 2.24) is 4.98 Å². The number of rotatable bonds is 3. The Morgan fingerprint density at radius 3 is 2.47 bits per heavy atom. The number of pyridine rings is 1. The molecule has 2 rings (SSSR count). The molecule has 1 aromatic heterocycles. The van der Waals surface area contributed by atoms with Crippen LogP contribution in [0.15, 0.2) is 36.5 Å². The van der Waals surface area contributed by atoms with E-state index in [1.54, 1.807) is 12.1 Å². The second kappa shape index (κ2) is 5.43. The SMILES string of the molecule is COc1cc(F)c(OC(=O)c2ccccn2)cc1F. The predicted molar refractivity (Wildman–Crippen MR) is 62.1 cm³/mol. The summed E-state index contributed by atoms with van der Waals surface area (Å²) in [6.45, 7) is 0. The summed E-state index contributed by atoms with van der Waals surface area (Å²) in [5, 5.41) is 0. The van der Waals surface area contributed by atoms with Crippen LogP contribution in [0.2, 0.25) is 0 Å². The van der Waals surface area contributed by atoms with Crippen LogP contribution in [-0.2, 0) is 0 Å². The van der Waals surface area contributed by atoms with E-state index in [4.69, 9.17) is 4.74 Å². The molecule has 0 fully saturated rings. The van der Waals surface area contributed by atoms with Gasteiger partial charge in [0.1, 0.15) is 5.69 Å². The summed E-state index contributed by atoms with van der Waals surface area (Å²) in [5.41, 5.74) is -0.00173. The van der Waals surface area contributed by atoms with Gasteiger partial charge in [-0.1, -0.05) is 6.07 Å². The first-order valence-corrected chi connectivity index (χ1v) is 5.28. The number of halogens is 2. The fourth-order valence-electron chi connectivity index (χ4n) is 1.38. The second-order valence-corrected chi connectivity index (χ2v) is 3.52. The zero-order valence-electron chi connectivity index (χ0n) is 9.89. The van der Waals surface area contributed by atoms with Crippen LogP contribution in [-0.4, -0.2) is 18.1 Å². The Morgan fingerprint density at radius 2 is 1.84 bits per heavy atom. The molecule has 2 aromatic rings. The summed E-state index contributed by atoms with van der Waals surface area (Å²) < 4.78 is 36.3. The Kier molecular flexibility index (Phi) is 3.70. The summed E-state index contributed by atoms with van der Waals surface area (Å²) in [7, 11) is 1.21. The van der Waals surface area contributed by atoms with E-state index in [0.29, 0.717) is 0 Å². The van der Waals surface area contributed by atoms with Crippen molar-refractivity contribution in [3.8, 4) is 11.5 Å². The van der Waals surface area contributed by atoms with Crippen LogP contribution in [0.25, 0.3) is 0 Å². The van der Waals surface area contributed by atoms with Crippen LogP contribution in [0.4, 0.5) is 8.78 Å². The van der Waals surface area contributed by atoms with E-state index in [9.17, 15) is 13.6 Å². The first kappa shape index (κ1) is 12.9. The second-order valence-electron chi connectivity index (χ2n) is 3.52. The third kappa shape index (κ3) is 2.85. The van der Waals surface area contributed by atoms with Gasteiger partial charge in [0.15, 0.2) is 23.1 Å². The average molecular weight is 265 g/mol. The molecule has 0 saturated carbocycles. The largest absolute Gasteiger partial charge is 0.494 e. The van der Waals surface area contributed by atoms with Crippen molar-refractivity contribution in [3.05, 3.63) is 53.9 Å². The lowest BCUT2D eigenvalue weighted by molar-refractivity contribution is 0.0721. The molecule has 0 bridgehead atoms. The molecule has 4 nitrogen and oxygen atoms in total. The first-order chi connectivity index (χ1) is 9.11. The van der Waals surface area contributed by atoms with E-state index in [1.165, 1.54) is 19.4 Å². The summed E-state index contributed by atoms with van der Waals surface area (Å²) in [6, 6.07) is 6.14. The standard InChI is InChI=1S/C13H9F2NO3/c1-18-11-6-9(15)12(7-8(11)14)19-13(17)10-4-2-3-5-16-10/h2-7H,1H3. The highest BCUT2D eigenvalue weighted by Gasteiger charge is 2.16. The zero-order valence-corrected chi connectivity index (χ0v) is 9.89. The molecule has 0 radical (unpaired) electrons. The highest BCUT2D eigenvalue weighted by atomic mass is 19.1. The van der Waals surface area contributed by atoms with Crippen LogP contribution in [0.5, 0.6) is 11.5 Å². The number of aromatic nitrogens is 1. The van der Waals surface area contributed by atoms with Crippen LogP contribution < -0.4 is 9.47 Å². The van der Waals surface area contributed by atoms with E-state index in [2.05, 4.69) is 9.72 Å². The summed E-state index contributed by atoms with van der Waals surface area (Å²) in [4.78, 5) is 15.4. The molecule has 0 saturated heterocycles. The minimum atomic E-state index is -0.900. The maximum atomic E-state index is 13.5. The van der Waals surface area contributed by atoms with E-state index >= 15 is 0 Å². The molecule has 0 spiro atoms. The summed E-state index contributed by atoms with van der Waals surface area (Å²) >= 11 is 0. The third-order valence-corrected chi connectivity index (χ3v) is 2.28. The lowest BCUT2D eigenvalue weighted by atomic mass is 10.3. The van der Waals surface area contributed by atoms with Gasteiger partial charge in [-0.25, -0.2) is 18.6 Å². The van der Waals surface area contributed by atoms with Crippen molar-refractivity contribution in [2.24, 2.45) is 0 Å². The Balaban J connectivity index is 2.25. The van der Waals surface area contributed by atoms with Gasteiger partial charge in [-0.3, -0.25) is 0 Å². The smallest absolute Gasteiger partial charge is 0.362 e. The molecule has 19 heavy (non-hydrogen) atoms. The molecule has 0 atom stereocenters. The number of nitrogens with zero attached hydrogens (tertiary/aromatic N) is 1. The number of hydrogen-bond donors (Lipinski definition) is 0. The fourth-order valence-corrected chi connectivity index (χ4v) is 1.38. The van der Waals surface area contributed by atoms with Gasteiger partial charge >= 0.3 is 5.97 Å². The lowest BCUT2D eigenvalue weighted by Crippen LogP contribution is -2.11. The molecule has 6 heteroatoms. The van der Waals surface area contributed by atoms with Crippen molar-refractivity contribution in [3.63, 3.8) is 0 Å². The van der Waals surface area contributed by atoms with Gasteiger partial charge in [-0.15, -0.1) is 0 Å². The third-order valence-electron chi connectivity index (χ3n) is 2.28. The normalized spacial score (nSPS) is 10.1. The molecule has 0 aliphatic rings. The molecule has 0 aliphatic carbocycles. The zero-order chi connectivity index (χ0) is 13.8. The quantitative estimate of drug-likeness (QED) is 0.632. The number of carbonyl (C=O) groups is 1. The van der Waals surface area contributed by atoms with E-state index < -0.39 is 23.4 Å². The van der Waals surface area contributed by atoms with Gasteiger partial charge in [0.05, 0.1) is 7.11 Å². The van der Waals surface area contributed by atoms with Gasteiger partial charge in [-0.2, -0.15) is 0 Å². The Morgan fingerprint density at radius 1 is 1.16 bits per heavy atom. The summed E-state index contributed by atoms with van der Waals surface area (Å²) in [5.74, 6) is -3.39. The Labute approximate surface area is 107 Å². The topological polar surface area (TPSA) is 48.4 Å². The number of esters is 1. The molecular weight excluding hydrogens is 256 g/mol. The van der Waals surface area contributed by atoms with Crippen LogP contribution in [0, 0.1) is 11.6 Å². The van der Waals surface area contributed by atoms with Crippen molar-refractivity contribution < 1.29 is 23.0 Å². The average Bonchev–Trinajstić information content (AvgIpc) is 2.43. The van der Waals surface area contributed by atoms with Crippen molar-refractivity contribution >= 4 is 5.97 Å². The van der Waals surface area contributed by atoms with Crippen molar-refractivity contribution in [2.75, 3.05) is 7.11 Å². The molecular formula is C13H9F2NO3. The van der Waals surface area contributed by atoms with Gasteiger partial charge < -0.3 is 9.47 Å². The van der Waals surface area contributed by atoms with E-state index in [-0.39, 0.29) is 11.4 Å². The minimum Gasteiger partial charge on any atom is -0.494 e.